The molecule has 10 heteroatoms. The maximum absolute atomic E-state index is 14.4. The quantitative estimate of drug-likeness (QED) is 0.156. The maximum Gasteiger partial charge on any atom is 0.421 e. The van der Waals surface area contributed by atoms with E-state index < -0.39 is 30.0 Å². The molecule has 2 aromatic carbocycles. The number of imide groups is 1. The third-order valence-electron chi connectivity index (χ3n) is 6.36. The lowest BCUT2D eigenvalue weighted by Gasteiger charge is -2.24. The van der Waals surface area contributed by atoms with Crippen molar-refractivity contribution in [2.45, 2.75) is 47.5 Å². The Hall–Kier alpha value is -3.66. The summed E-state index contributed by atoms with van der Waals surface area (Å²) in [5.41, 5.74) is 1.57. The van der Waals surface area contributed by atoms with Gasteiger partial charge in [0.15, 0.2) is 5.92 Å². The van der Waals surface area contributed by atoms with Crippen molar-refractivity contribution < 1.29 is 33.4 Å². The number of fused-ring (bicyclic) bond motifs is 5. The van der Waals surface area contributed by atoms with E-state index in [9.17, 15) is 19.2 Å². The molecule has 1 aromatic heterocycles. The Balaban J connectivity index is 2.06. The average molecular weight is 628 g/mol. The van der Waals surface area contributed by atoms with Crippen LogP contribution >= 0.6 is 15.9 Å². The molecule has 3 aromatic rings. The smallest absolute Gasteiger partial charge is 0.421 e. The predicted octanol–water partition coefficient (Wildman–Crippen LogP) is 7.13. The second-order valence-corrected chi connectivity index (χ2v) is 12.3. The van der Waals surface area contributed by atoms with Crippen LogP contribution in [0.4, 0.5) is 15.3 Å². The van der Waals surface area contributed by atoms with Gasteiger partial charge in [0.1, 0.15) is 0 Å². The van der Waals surface area contributed by atoms with Gasteiger partial charge in [-0.15, -0.1) is 0 Å². The fraction of sp³-hybridized carbons (Fsp3) is 0.419. The van der Waals surface area contributed by atoms with Crippen LogP contribution in [0.5, 0.6) is 0 Å². The SMILES string of the molecule is CC(C)COC(=O)C1C(=O)N(C(=O)OCC(C)C)c2ccccc2-c2c1c1cc(Br)ccc1n2C(=O)OCC(C)C. The fourth-order valence-corrected chi connectivity index (χ4v) is 4.98. The maximum atomic E-state index is 14.4. The second kappa shape index (κ2) is 12.5. The molecule has 9 nitrogen and oxygen atoms in total. The van der Waals surface area contributed by atoms with E-state index in [-0.39, 0.29) is 54.5 Å². The highest BCUT2D eigenvalue weighted by atomic mass is 79.9. The summed E-state index contributed by atoms with van der Waals surface area (Å²) >= 11 is 3.49. The number of ether oxygens (including phenoxy) is 3. The summed E-state index contributed by atoms with van der Waals surface area (Å²) in [6.07, 6.45) is -1.58. The van der Waals surface area contributed by atoms with Crippen molar-refractivity contribution in [1.82, 2.24) is 4.57 Å². The number of carbonyl (C=O) groups is 4. The van der Waals surface area contributed by atoms with E-state index in [1.165, 1.54) is 4.57 Å². The summed E-state index contributed by atoms with van der Waals surface area (Å²) < 4.78 is 18.8. The van der Waals surface area contributed by atoms with Crippen LogP contribution in [0.25, 0.3) is 22.2 Å². The summed E-state index contributed by atoms with van der Waals surface area (Å²) in [5, 5.41) is 0.475. The molecular formula is C31H35BrN2O7. The largest absolute Gasteiger partial charge is 0.465 e. The van der Waals surface area contributed by atoms with E-state index in [2.05, 4.69) is 15.9 Å². The number of anilines is 1. The Labute approximate surface area is 247 Å². The molecule has 0 bridgehead atoms. The minimum Gasteiger partial charge on any atom is -0.465 e. The van der Waals surface area contributed by atoms with Crippen LogP contribution in [-0.4, -0.2) is 48.5 Å². The molecule has 4 rings (SSSR count). The Bertz CT molecular complexity index is 1490. The van der Waals surface area contributed by atoms with Gasteiger partial charge in [-0.25, -0.2) is 19.1 Å². The average Bonchev–Trinajstić information content (AvgIpc) is 3.17. The predicted molar refractivity (Wildman–Crippen MR) is 159 cm³/mol. The molecule has 1 aliphatic rings. The number of carbonyl (C=O) groups excluding carboxylic acids is 4. The summed E-state index contributed by atoms with van der Waals surface area (Å²) in [5.74, 6) is -3.11. The van der Waals surface area contributed by atoms with Crippen LogP contribution in [0.3, 0.4) is 0 Å². The van der Waals surface area contributed by atoms with Gasteiger partial charge in [0.2, 0.25) is 0 Å². The Morgan fingerprint density at radius 2 is 1.41 bits per heavy atom. The minimum atomic E-state index is -1.56. The summed E-state index contributed by atoms with van der Waals surface area (Å²) in [6.45, 7) is 11.7. The zero-order valence-electron chi connectivity index (χ0n) is 24.1. The molecule has 0 fully saturated rings. The van der Waals surface area contributed by atoms with Crippen LogP contribution < -0.4 is 4.90 Å². The third-order valence-corrected chi connectivity index (χ3v) is 6.86. The number of aromatic nitrogens is 1. The normalized spacial score (nSPS) is 14.7. The van der Waals surface area contributed by atoms with Gasteiger partial charge >= 0.3 is 18.2 Å². The highest BCUT2D eigenvalue weighted by molar-refractivity contribution is 9.10. The van der Waals surface area contributed by atoms with Gasteiger partial charge in [-0.1, -0.05) is 75.7 Å². The van der Waals surface area contributed by atoms with Crippen LogP contribution in [-0.2, 0) is 23.8 Å². The molecule has 1 aliphatic heterocycles. The van der Waals surface area contributed by atoms with Gasteiger partial charge in [0, 0.05) is 21.0 Å². The molecular weight excluding hydrogens is 592 g/mol. The highest BCUT2D eigenvalue weighted by Crippen LogP contribution is 2.47. The van der Waals surface area contributed by atoms with Crippen molar-refractivity contribution in [3.05, 3.63) is 52.5 Å². The molecule has 218 valence electrons. The summed E-state index contributed by atoms with van der Waals surface area (Å²) in [4.78, 5) is 56.2. The van der Waals surface area contributed by atoms with E-state index in [1.54, 1.807) is 42.5 Å². The number of hydrogen-bond acceptors (Lipinski definition) is 7. The van der Waals surface area contributed by atoms with E-state index in [1.807, 2.05) is 41.5 Å². The minimum absolute atomic E-state index is 0.00473. The zero-order valence-corrected chi connectivity index (χ0v) is 25.7. The lowest BCUT2D eigenvalue weighted by molar-refractivity contribution is -0.149. The Kier molecular flexibility index (Phi) is 9.21. The number of para-hydroxylation sites is 1. The number of amides is 2. The van der Waals surface area contributed by atoms with Crippen molar-refractivity contribution in [1.29, 1.82) is 0 Å². The second-order valence-electron chi connectivity index (χ2n) is 11.3. The number of halogens is 1. The van der Waals surface area contributed by atoms with E-state index >= 15 is 0 Å². The van der Waals surface area contributed by atoms with E-state index in [0.29, 0.717) is 20.9 Å². The lowest BCUT2D eigenvalue weighted by atomic mass is 9.93. The molecule has 0 radical (unpaired) electrons. The molecule has 0 aliphatic carbocycles. The number of esters is 1. The topological polar surface area (TPSA) is 104 Å². The monoisotopic (exact) mass is 626 g/mol. The van der Waals surface area contributed by atoms with Crippen molar-refractivity contribution in [3.63, 3.8) is 0 Å². The Morgan fingerprint density at radius 3 is 2.05 bits per heavy atom. The lowest BCUT2D eigenvalue weighted by Crippen LogP contribution is -2.43. The van der Waals surface area contributed by atoms with Crippen molar-refractivity contribution >= 4 is 56.6 Å². The number of hydrogen-bond donors (Lipinski definition) is 0. The fourth-order valence-electron chi connectivity index (χ4n) is 4.62. The molecule has 0 saturated heterocycles. The van der Waals surface area contributed by atoms with Gasteiger partial charge < -0.3 is 14.2 Å². The van der Waals surface area contributed by atoms with Crippen molar-refractivity contribution in [3.8, 4) is 11.3 Å². The van der Waals surface area contributed by atoms with Crippen LogP contribution in [0.15, 0.2) is 46.9 Å². The first-order valence-corrected chi connectivity index (χ1v) is 14.5. The van der Waals surface area contributed by atoms with Gasteiger partial charge in [-0.3, -0.25) is 9.59 Å². The van der Waals surface area contributed by atoms with Crippen molar-refractivity contribution in [2.75, 3.05) is 24.7 Å². The number of benzene rings is 2. The summed E-state index contributed by atoms with van der Waals surface area (Å²) in [6, 6.07) is 11.9. The van der Waals surface area contributed by atoms with Crippen LogP contribution in [0, 0.1) is 17.8 Å². The molecule has 0 N–H and O–H groups in total. The van der Waals surface area contributed by atoms with Gasteiger partial charge in [0.05, 0.1) is 36.7 Å². The highest BCUT2D eigenvalue weighted by Gasteiger charge is 2.46. The molecule has 1 atom stereocenters. The first-order chi connectivity index (χ1) is 19.4. The van der Waals surface area contributed by atoms with Crippen molar-refractivity contribution in [2.24, 2.45) is 17.8 Å². The molecule has 0 saturated carbocycles. The molecule has 41 heavy (non-hydrogen) atoms. The van der Waals surface area contributed by atoms with Gasteiger partial charge in [-0.05, 0) is 42.0 Å². The van der Waals surface area contributed by atoms with Gasteiger partial charge in [0.25, 0.3) is 5.91 Å². The van der Waals surface area contributed by atoms with E-state index in [4.69, 9.17) is 14.2 Å². The standard InChI is InChI=1S/C31H35BrN2O7/c1-17(2)14-39-29(36)26-25-22-13-20(32)11-12-24(22)33(30(37)40-15-18(3)4)27(25)21-9-7-8-10-23(21)34(28(26)35)31(38)41-16-19(5)6/h7-13,17-19,26H,14-16H2,1-6H3. The number of nitrogens with zero attached hydrogens (tertiary/aromatic N) is 2. The molecule has 1 unspecified atom stereocenters. The molecule has 2 heterocycles. The first-order valence-electron chi connectivity index (χ1n) is 13.7. The zero-order chi connectivity index (χ0) is 30.0. The van der Waals surface area contributed by atoms with E-state index in [0.717, 1.165) is 4.90 Å². The van der Waals surface area contributed by atoms with Gasteiger partial charge in [-0.2, -0.15) is 0 Å². The number of rotatable bonds is 7. The molecule has 2 amide bonds. The third kappa shape index (κ3) is 6.17. The summed E-state index contributed by atoms with van der Waals surface area (Å²) in [7, 11) is 0. The Morgan fingerprint density at radius 1 is 0.829 bits per heavy atom. The molecule has 0 spiro atoms. The van der Waals surface area contributed by atoms with Crippen LogP contribution in [0.1, 0.15) is 53.0 Å². The first kappa shape index (κ1) is 30.3. The van der Waals surface area contributed by atoms with Crippen LogP contribution in [0.2, 0.25) is 0 Å².